The van der Waals surface area contributed by atoms with Crippen molar-refractivity contribution in [1.29, 1.82) is 0 Å². The van der Waals surface area contributed by atoms with Crippen molar-refractivity contribution >= 4 is 0 Å². The molecule has 0 bridgehead atoms. The van der Waals surface area contributed by atoms with E-state index in [0.29, 0.717) is 5.92 Å². The van der Waals surface area contributed by atoms with Crippen molar-refractivity contribution in [3.8, 4) is 22.3 Å². The fourth-order valence-corrected chi connectivity index (χ4v) is 3.40. The molecule has 27 heavy (non-hydrogen) atoms. The van der Waals surface area contributed by atoms with Crippen LogP contribution >= 0.6 is 0 Å². The molecule has 2 N–H and O–H groups in total. The summed E-state index contributed by atoms with van der Waals surface area (Å²) in [7, 11) is 4.24. The average molecular weight is 357 g/mol. The van der Waals surface area contributed by atoms with Crippen molar-refractivity contribution < 1.29 is 0 Å². The molecule has 2 aromatic carbocycles. The van der Waals surface area contributed by atoms with Crippen LogP contribution in [-0.4, -0.2) is 45.9 Å². The maximum atomic E-state index is 4.03. The summed E-state index contributed by atoms with van der Waals surface area (Å²) >= 11 is 0. The van der Waals surface area contributed by atoms with Gasteiger partial charge in [0.15, 0.2) is 0 Å². The fraction of sp³-hybridized carbons (Fsp3) is 0.182. The van der Waals surface area contributed by atoms with E-state index in [9.17, 15) is 0 Å². The van der Waals surface area contributed by atoms with E-state index in [1.807, 2.05) is 24.8 Å². The lowest BCUT2D eigenvalue weighted by molar-refractivity contribution is 0.392. The van der Waals surface area contributed by atoms with Crippen LogP contribution in [0.5, 0.6) is 0 Å². The van der Waals surface area contributed by atoms with Crippen molar-refractivity contribution in [2.24, 2.45) is 0 Å². The number of rotatable bonds is 6. The predicted octanol–water partition coefficient (Wildman–Crippen LogP) is 4.16. The topological polar surface area (TPSA) is 60.6 Å². The lowest BCUT2D eigenvalue weighted by atomic mass is 9.89. The molecule has 4 rings (SSSR count). The molecule has 0 aliphatic heterocycles. The largest absolute Gasteiger partial charge is 0.308 e. The first-order chi connectivity index (χ1) is 13.2. The van der Waals surface area contributed by atoms with Gasteiger partial charge in [-0.05, 0) is 36.3 Å². The summed E-state index contributed by atoms with van der Waals surface area (Å²) in [5, 5.41) is 13.8. The van der Waals surface area contributed by atoms with E-state index in [2.05, 4.69) is 87.9 Å². The molecular formula is C22H23N5. The maximum Gasteiger partial charge on any atom is 0.0565 e. The smallest absolute Gasteiger partial charge is 0.0565 e. The Morgan fingerprint density at radius 3 is 1.48 bits per heavy atom. The number of benzene rings is 2. The average Bonchev–Trinajstić information content (AvgIpc) is 3.40. The minimum atomic E-state index is 0.316. The molecule has 0 aliphatic carbocycles. The second-order valence-corrected chi connectivity index (χ2v) is 7.03. The minimum absolute atomic E-state index is 0.316. The Labute approximate surface area is 159 Å². The number of H-pyrrole nitrogens is 2. The van der Waals surface area contributed by atoms with Crippen LogP contribution in [0.15, 0.2) is 73.3 Å². The summed E-state index contributed by atoms with van der Waals surface area (Å²) in [5.41, 5.74) is 7.18. The second-order valence-electron chi connectivity index (χ2n) is 7.03. The van der Waals surface area contributed by atoms with Crippen LogP contribution in [0.25, 0.3) is 22.3 Å². The van der Waals surface area contributed by atoms with E-state index in [0.717, 1.165) is 17.7 Å². The Morgan fingerprint density at radius 1 is 0.704 bits per heavy atom. The highest BCUT2D eigenvalue weighted by Crippen LogP contribution is 2.29. The highest BCUT2D eigenvalue weighted by Gasteiger charge is 2.16. The molecule has 2 aromatic heterocycles. The van der Waals surface area contributed by atoms with Gasteiger partial charge in [-0.3, -0.25) is 10.2 Å². The van der Waals surface area contributed by atoms with E-state index < -0.39 is 0 Å². The summed E-state index contributed by atoms with van der Waals surface area (Å²) in [6.07, 6.45) is 7.53. The number of likely N-dealkylation sites (N-methyl/N-ethyl adjacent to an activating group) is 1. The SMILES string of the molecule is CN(C)CC(c1ccc(-c2cn[nH]c2)cc1)c1ccc(-c2cn[nH]c2)cc1. The van der Waals surface area contributed by atoms with E-state index in [1.54, 1.807) is 0 Å². The first-order valence-corrected chi connectivity index (χ1v) is 9.03. The molecule has 0 saturated heterocycles. The van der Waals surface area contributed by atoms with Gasteiger partial charge in [-0.25, -0.2) is 0 Å². The molecule has 0 saturated carbocycles. The highest BCUT2D eigenvalue weighted by atomic mass is 15.1. The van der Waals surface area contributed by atoms with Crippen molar-refractivity contribution in [2.45, 2.75) is 5.92 Å². The highest BCUT2D eigenvalue weighted by molar-refractivity contribution is 5.63. The molecule has 0 amide bonds. The Hall–Kier alpha value is -3.18. The standard InChI is InChI=1S/C22H23N5/c1-27(2)15-22(18-7-3-16(4-8-18)20-11-23-24-12-20)19-9-5-17(6-10-19)21-13-25-26-14-21/h3-14,22H,15H2,1-2H3,(H,23,24)(H,25,26). The lowest BCUT2D eigenvalue weighted by Gasteiger charge is -2.22. The molecule has 136 valence electrons. The molecule has 4 aromatic rings. The van der Waals surface area contributed by atoms with Crippen molar-refractivity contribution in [2.75, 3.05) is 20.6 Å². The second kappa shape index (κ2) is 7.60. The van der Waals surface area contributed by atoms with Gasteiger partial charge in [0.1, 0.15) is 0 Å². The van der Waals surface area contributed by atoms with Gasteiger partial charge >= 0.3 is 0 Å². The van der Waals surface area contributed by atoms with Crippen LogP contribution in [0.4, 0.5) is 0 Å². The zero-order valence-electron chi connectivity index (χ0n) is 15.6. The summed E-state index contributed by atoms with van der Waals surface area (Å²) < 4.78 is 0. The normalized spacial score (nSPS) is 11.4. The number of hydrogen-bond acceptors (Lipinski definition) is 3. The monoisotopic (exact) mass is 357 g/mol. The minimum Gasteiger partial charge on any atom is -0.308 e. The van der Waals surface area contributed by atoms with Crippen LogP contribution in [-0.2, 0) is 0 Å². The third-order valence-electron chi connectivity index (χ3n) is 4.84. The van der Waals surface area contributed by atoms with Gasteiger partial charge < -0.3 is 4.90 Å². The molecule has 0 fully saturated rings. The Kier molecular flexibility index (Phi) is 4.85. The molecule has 2 heterocycles. The van der Waals surface area contributed by atoms with Crippen LogP contribution in [0, 0.1) is 0 Å². The number of nitrogens with zero attached hydrogens (tertiary/aromatic N) is 3. The molecule has 5 nitrogen and oxygen atoms in total. The first kappa shape index (κ1) is 17.2. The molecule has 0 radical (unpaired) electrons. The van der Waals surface area contributed by atoms with Crippen LogP contribution in [0.1, 0.15) is 17.0 Å². The van der Waals surface area contributed by atoms with Crippen LogP contribution in [0.2, 0.25) is 0 Å². The number of nitrogens with one attached hydrogen (secondary N) is 2. The van der Waals surface area contributed by atoms with Gasteiger partial charge in [0.2, 0.25) is 0 Å². The van der Waals surface area contributed by atoms with Gasteiger partial charge in [-0.2, -0.15) is 10.2 Å². The van der Waals surface area contributed by atoms with Crippen molar-refractivity contribution in [1.82, 2.24) is 25.3 Å². The lowest BCUT2D eigenvalue weighted by Crippen LogP contribution is -2.21. The molecular weight excluding hydrogens is 334 g/mol. The number of aromatic nitrogens is 4. The Balaban J connectivity index is 1.63. The molecule has 0 atom stereocenters. The van der Waals surface area contributed by atoms with Gasteiger partial charge in [-0.1, -0.05) is 48.5 Å². The Bertz CT molecular complexity index is 875. The molecule has 0 aliphatic rings. The third kappa shape index (κ3) is 3.83. The summed E-state index contributed by atoms with van der Waals surface area (Å²) in [4.78, 5) is 2.23. The summed E-state index contributed by atoms with van der Waals surface area (Å²) in [6, 6.07) is 17.6. The van der Waals surface area contributed by atoms with Gasteiger partial charge in [0.25, 0.3) is 0 Å². The van der Waals surface area contributed by atoms with E-state index >= 15 is 0 Å². The number of aromatic amines is 2. The molecule has 0 spiro atoms. The third-order valence-corrected chi connectivity index (χ3v) is 4.84. The van der Waals surface area contributed by atoms with Crippen molar-refractivity contribution in [3.63, 3.8) is 0 Å². The van der Waals surface area contributed by atoms with E-state index in [1.165, 1.54) is 22.3 Å². The number of hydrogen-bond donors (Lipinski definition) is 2. The zero-order valence-corrected chi connectivity index (χ0v) is 15.6. The first-order valence-electron chi connectivity index (χ1n) is 9.03. The van der Waals surface area contributed by atoms with Crippen molar-refractivity contribution in [3.05, 3.63) is 84.4 Å². The Morgan fingerprint density at radius 2 is 1.15 bits per heavy atom. The van der Waals surface area contributed by atoms with Gasteiger partial charge in [0, 0.05) is 36.0 Å². The quantitative estimate of drug-likeness (QED) is 0.545. The van der Waals surface area contributed by atoms with Gasteiger partial charge in [-0.15, -0.1) is 0 Å². The summed E-state index contributed by atoms with van der Waals surface area (Å²) in [6.45, 7) is 0.954. The zero-order chi connectivity index (χ0) is 18.6. The molecule has 5 heteroatoms. The fourth-order valence-electron chi connectivity index (χ4n) is 3.40. The molecule has 0 unspecified atom stereocenters. The predicted molar refractivity (Wildman–Crippen MR) is 108 cm³/mol. The summed E-state index contributed by atoms with van der Waals surface area (Å²) in [5.74, 6) is 0.316. The van der Waals surface area contributed by atoms with E-state index in [4.69, 9.17) is 0 Å². The van der Waals surface area contributed by atoms with Gasteiger partial charge in [0.05, 0.1) is 12.4 Å². The van der Waals surface area contributed by atoms with E-state index in [-0.39, 0.29) is 0 Å². The van der Waals surface area contributed by atoms with Crippen LogP contribution < -0.4 is 0 Å². The van der Waals surface area contributed by atoms with Crippen LogP contribution in [0.3, 0.4) is 0 Å². The maximum absolute atomic E-state index is 4.03.